The second kappa shape index (κ2) is 4.43. The first-order valence-electron chi connectivity index (χ1n) is 10.1. The number of aliphatic hydroxyl groups excluding tert-OH is 1. The zero-order valence-corrected chi connectivity index (χ0v) is 16.4. The van der Waals surface area contributed by atoms with Gasteiger partial charge in [-0.25, -0.2) is 9.59 Å². The standard InChI is InChI=1S/C20H26O8/c1-8-7-25-11-6-17-10-5-9(16(2,3)4)18(17)12(21)13(22)27-15(18)28-20(17,14(23)26-10)19(8,11)24/h8-12,15,21,24H,5-7H2,1-4H3/t8-,9+,10-,11+,12+,15+,17+,18-,19-,20+/m1/s1. The third-order valence-electron chi connectivity index (χ3n) is 8.99. The molecule has 0 radical (unpaired) electrons. The highest BCUT2D eigenvalue weighted by Crippen LogP contribution is 2.84. The molecule has 8 heteroatoms. The van der Waals surface area contributed by atoms with Gasteiger partial charge in [0.25, 0.3) is 0 Å². The van der Waals surface area contributed by atoms with E-state index in [0.717, 1.165) is 0 Å². The average molecular weight is 394 g/mol. The van der Waals surface area contributed by atoms with Crippen molar-refractivity contribution >= 4 is 11.9 Å². The van der Waals surface area contributed by atoms with E-state index < -0.39 is 58.6 Å². The summed E-state index contributed by atoms with van der Waals surface area (Å²) < 4.78 is 23.6. The second-order valence-electron chi connectivity index (χ2n) is 10.7. The predicted octanol–water partition coefficient (Wildman–Crippen LogP) is 0.133. The van der Waals surface area contributed by atoms with Gasteiger partial charge in [-0.1, -0.05) is 27.7 Å². The van der Waals surface area contributed by atoms with Gasteiger partial charge in [0, 0.05) is 5.92 Å². The van der Waals surface area contributed by atoms with Crippen molar-refractivity contribution in [1.29, 1.82) is 0 Å². The Hall–Kier alpha value is -1.22. The molecular formula is C20H26O8. The van der Waals surface area contributed by atoms with Crippen molar-refractivity contribution in [2.24, 2.45) is 28.1 Å². The van der Waals surface area contributed by atoms with Crippen molar-refractivity contribution in [3.63, 3.8) is 0 Å². The van der Waals surface area contributed by atoms with Crippen LogP contribution in [0.15, 0.2) is 0 Å². The minimum Gasteiger partial charge on any atom is -0.459 e. The fraction of sp³-hybridized carbons (Fsp3) is 0.900. The lowest BCUT2D eigenvalue weighted by Crippen LogP contribution is -2.66. The summed E-state index contributed by atoms with van der Waals surface area (Å²) in [5, 5.41) is 23.1. The molecule has 0 aromatic carbocycles. The molecule has 0 bridgehead atoms. The molecule has 4 saturated heterocycles. The highest BCUT2D eigenvalue weighted by Gasteiger charge is 3.00. The summed E-state index contributed by atoms with van der Waals surface area (Å²) in [6, 6.07) is 0. The van der Waals surface area contributed by atoms with Crippen LogP contribution in [0.4, 0.5) is 0 Å². The van der Waals surface area contributed by atoms with Gasteiger partial charge in [0.15, 0.2) is 6.10 Å². The van der Waals surface area contributed by atoms with Gasteiger partial charge in [0.05, 0.1) is 23.5 Å². The first kappa shape index (κ1) is 17.6. The summed E-state index contributed by atoms with van der Waals surface area (Å²) in [5.41, 5.74) is -5.83. The minimum absolute atomic E-state index is 0.204. The van der Waals surface area contributed by atoms with E-state index in [-0.39, 0.29) is 17.3 Å². The van der Waals surface area contributed by atoms with Crippen LogP contribution in [0, 0.1) is 28.1 Å². The van der Waals surface area contributed by atoms with E-state index in [9.17, 15) is 19.8 Å². The van der Waals surface area contributed by atoms with Crippen LogP contribution in [0.5, 0.6) is 0 Å². The molecule has 8 nitrogen and oxygen atoms in total. The van der Waals surface area contributed by atoms with Gasteiger partial charge in [0.2, 0.25) is 11.9 Å². The molecule has 6 aliphatic rings. The Morgan fingerprint density at radius 3 is 2.54 bits per heavy atom. The molecule has 0 aromatic heterocycles. The van der Waals surface area contributed by atoms with Gasteiger partial charge < -0.3 is 29.2 Å². The number of carbonyl (C=O) groups excluding carboxylic acids is 2. The molecule has 154 valence electrons. The number of rotatable bonds is 0. The summed E-state index contributed by atoms with van der Waals surface area (Å²) in [5.74, 6) is -1.92. The number of ether oxygens (including phenoxy) is 4. The van der Waals surface area contributed by atoms with Gasteiger partial charge in [-0.3, -0.25) is 0 Å². The first-order valence-corrected chi connectivity index (χ1v) is 10.1. The zero-order chi connectivity index (χ0) is 20.1. The molecule has 6 fully saturated rings. The summed E-state index contributed by atoms with van der Waals surface area (Å²) in [7, 11) is 0. The van der Waals surface area contributed by atoms with Crippen molar-refractivity contribution < 1.29 is 38.7 Å². The number of fused-ring (bicyclic) bond motifs is 1. The van der Waals surface area contributed by atoms with Gasteiger partial charge in [-0.2, -0.15) is 0 Å². The van der Waals surface area contributed by atoms with E-state index in [2.05, 4.69) is 0 Å². The van der Waals surface area contributed by atoms with Crippen molar-refractivity contribution in [2.45, 2.75) is 76.3 Å². The van der Waals surface area contributed by atoms with Gasteiger partial charge in [-0.15, -0.1) is 0 Å². The van der Waals surface area contributed by atoms with Crippen LogP contribution in [-0.4, -0.2) is 64.6 Å². The van der Waals surface area contributed by atoms with E-state index in [0.29, 0.717) is 19.4 Å². The van der Waals surface area contributed by atoms with Crippen LogP contribution in [0.2, 0.25) is 0 Å². The fourth-order valence-electron chi connectivity index (χ4n) is 8.16. The Bertz CT molecular complexity index is 820. The minimum atomic E-state index is -1.70. The largest absolute Gasteiger partial charge is 0.459 e. The molecule has 4 heterocycles. The van der Waals surface area contributed by atoms with Crippen molar-refractivity contribution in [1.82, 2.24) is 0 Å². The van der Waals surface area contributed by atoms with Crippen LogP contribution in [0.25, 0.3) is 0 Å². The number of hydrogen-bond donors (Lipinski definition) is 2. The molecule has 0 amide bonds. The fourth-order valence-corrected chi connectivity index (χ4v) is 8.16. The van der Waals surface area contributed by atoms with Gasteiger partial charge in [-0.05, 0) is 24.2 Å². The number of carbonyl (C=O) groups is 2. The Kier molecular flexibility index (Phi) is 2.79. The molecule has 2 N–H and O–H groups in total. The molecule has 0 unspecified atom stereocenters. The number of hydrogen-bond acceptors (Lipinski definition) is 8. The molecule has 2 aliphatic carbocycles. The zero-order valence-electron chi connectivity index (χ0n) is 16.4. The second-order valence-corrected chi connectivity index (χ2v) is 10.7. The highest BCUT2D eigenvalue weighted by molar-refractivity contribution is 5.90. The maximum absolute atomic E-state index is 13.3. The maximum atomic E-state index is 13.3. The lowest BCUT2D eigenvalue weighted by molar-refractivity contribution is -0.238. The summed E-state index contributed by atoms with van der Waals surface area (Å²) in [6.07, 6.45) is -2.93. The topological polar surface area (TPSA) is 112 Å². The molecule has 0 aromatic rings. The smallest absolute Gasteiger partial charge is 0.342 e. The van der Waals surface area contributed by atoms with Crippen molar-refractivity contribution in [3.05, 3.63) is 0 Å². The van der Waals surface area contributed by atoms with Crippen LogP contribution < -0.4 is 0 Å². The van der Waals surface area contributed by atoms with E-state index in [1.165, 1.54) is 0 Å². The highest BCUT2D eigenvalue weighted by atomic mass is 16.8. The summed E-state index contributed by atoms with van der Waals surface area (Å²) in [4.78, 5) is 25.8. The van der Waals surface area contributed by atoms with Crippen molar-refractivity contribution in [2.75, 3.05) is 6.61 Å². The van der Waals surface area contributed by atoms with E-state index in [4.69, 9.17) is 18.9 Å². The van der Waals surface area contributed by atoms with Crippen LogP contribution in [0.3, 0.4) is 0 Å². The third-order valence-corrected chi connectivity index (χ3v) is 8.99. The molecule has 4 aliphatic heterocycles. The lowest BCUT2D eigenvalue weighted by Gasteiger charge is -2.46. The Morgan fingerprint density at radius 2 is 1.86 bits per heavy atom. The molecule has 2 spiro atoms. The Morgan fingerprint density at radius 1 is 1.14 bits per heavy atom. The summed E-state index contributed by atoms with van der Waals surface area (Å²) in [6.45, 7) is 8.27. The molecule has 28 heavy (non-hydrogen) atoms. The molecule has 10 atom stereocenters. The maximum Gasteiger partial charge on any atom is 0.342 e. The van der Waals surface area contributed by atoms with Crippen LogP contribution in [-0.2, 0) is 28.5 Å². The Labute approximate surface area is 162 Å². The van der Waals surface area contributed by atoms with Crippen molar-refractivity contribution in [3.8, 4) is 0 Å². The molecule has 2 saturated carbocycles. The van der Waals surface area contributed by atoms with E-state index in [1.54, 1.807) is 0 Å². The van der Waals surface area contributed by atoms with Crippen LogP contribution in [0.1, 0.15) is 40.5 Å². The molecular weight excluding hydrogens is 368 g/mol. The average Bonchev–Trinajstić information content (AvgIpc) is 3.31. The monoisotopic (exact) mass is 394 g/mol. The summed E-state index contributed by atoms with van der Waals surface area (Å²) >= 11 is 0. The SMILES string of the molecule is C[C@@H]1CO[C@H]2C[C@]34[C@H]5C[C@@H](C(C)(C)C)[C@@]36[C@@H](OC(=O)[C@@H]6O)O[C@]4(C(=O)O5)[C@@]12O. The number of aliphatic hydroxyl groups is 2. The first-order chi connectivity index (χ1) is 13.0. The third kappa shape index (κ3) is 1.28. The van der Waals surface area contributed by atoms with E-state index in [1.807, 2.05) is 27.7 Å². The van der Waals surface area contributed by atoms with Gasteiger partial charge in [0.1, 0.15) is 11.7 Å². The lowest BCUT2D eigenvalue weighted by atomic mass is 9.51. The normalized spacial score (nSPS) is 61.1. The molecule has 6 rings (SSSR count). The quantitative estimate of drug-likeness (QED) is 0.558. The van der Waals surface area contributed by atoms with Crippen LogP contribution >= 0.6 is 0 Å². The van der Waals surface area contributed by atoms with Gasteiger partial charge >= 0.3 is 11.9 Å². The van der Waals surface area contributed by atoms with E-state index >= 15 is 0 Å². The Balaban J connectivity index is 1.69. The number of esters is 2. The predicted molar refractivity (Wildman–Crippen MR) is 90.5 cm³/mol.